The van der Waals surface area contributed by atoms with Crippen molar-refractivity contribution in [1.82, 2.24) is 0 Å². The second-order valence-electron chi connectivity index (χ2n) is 3.39. The molecule has 1 aliphatic rings. The summed E-state index contributed by atoms with van der Waals surface area (Å²) in [6.45, 7) is 0.520. The van der Waals surface area contributed by atoms with Gasteiger partial charge in [0.25, 0.3) is 0 Å². The third-order valence-corrected chi connectivity index (χ3v) is 2.81. The van der Waals surface area contributed by atoms with Gasteiger partial charge in [0.2, 0.25) is 10.0 Å². The minimum atomic E-state index is -3.48. The van der Waals surface area contributed by atoms with Gasteiger partial charge >= 0.3 is 0 Å². The predicted molar refractivity (Wildman–Crippen MR) is 57.8 cm³/mol. The number of benzene rings is 1. The van der Waals surface area contributed by atoms with E-state index < -0.39 is 10.0 Å². The molecule has 0 bridgehead atoms. The van der Waals surface area contributed by atoms with E-state index in [0.717, 1.165) is 5.56 Å². The van der Waals surface area contributed by atoms with Crippen LogP contribution in [0.2, 0.25) is 0 Å². The zero-order valence-corrected chi connectivity index (χ0v) is 8.83. The largest absolute Gasteiger partial charge is 0.489 e. The Bertz CT molecular complexity index is 505. The smallest absolute Gasteiger partial charge is 0.213 e. The first-order valence-electron chi connectivity index (χ1n) is 4.47. The number of fused-ring (bicyclic) bond motifs is 1. The third kappa shape index (κ3) is 2.57. The molecule has 0 fully saturated rings. The minimum absolute atomic E-state index is 0.159. The molecule has 1 aromatic carbocycles. The van der Waals surface area contributed by atoms with E-state index in [2.05, 4.69) is 0 Å². The van der Waals surface area contributed by atoms with E-state index in [0.29, 0.717) is 17.9 Å². The Kier molecular flexibility index (Phi) is 2.50. The first-order valence-corrected chi connectivity index (χ1v) is 6.19. The summed E-state index contributed by atoms with van der Waals surface area (Å²) in [4.78, 5) is 0. The minimum Gasteiger partial charge on any atom is -0.489 e. The number of hydrogen-bond acceptors (Lipinski definition) is 3. The highest BCUT2D eigenvalue weighted by atomic mass is 32.2. The van der Waals surface area contributed by atoms with Crippen LogP contribution < -0.4 is 9.88 Å². The molecular formula is C10H11NO3S. The van der Waals surface area contributed by atoms with Crippen LogP contribution in [0.4, 0.5) is 0 Å². The maximum atomic E-state index is 10.9. The number of nitrogens with two attached hydrogens (primary N) is 1. The standard InChI is InChI=1S/C10H11NO3S/c11-15(12,13)7-8-3-4-9-2-1-5-14-10(9)6-8/h1-4,6H,5,7H2,(H2,11,12,13). The molecule has 4 nitrogen and oxygen atoms in total. The van der Waals surface area contributed by atoms with Gasteiger partial charge < -0.3 is 4.74 Å². The summed E-state index contributed by atoms with van der Waals surface area (Å²) in [5, 5.41) is 4.96. The van der Waals surface area contributed by atoms with E-state index in [-0.39, 0.29) is 5.75 Å². The Balaban J connectivity index is 2.33. The molecule has 2 N–H and O–H groups in total. The van der Waals surface area contributed by atoms with Crippen molar-refractivity contribution in [2.24, 2.45) is 5.14 Å². The van der Waals surface area contributed by atoms with Crippen LogP contribution in [0.25, 0.3) is 6.08 Å². The number of sulfonamides is 1. The number of hydrogen-bond donors (Lipinski definition) is 1. The molecule has 1 aromatic rings. The molecule has 1 heterocycles. The highest BCUT2D eigenvalue weighted by Crippen LogP contribution is 2.25. The van der Waals surface area contributed by atoms with Gasteiger partial charge in [0, 0.05) is 5.56 Å². The number of ether oxygens (including phenoxy) is 1. The lowest BCUT2D eigenvalue weighted by atomic mass is 10.1. The molecule has 0 aliphatic carbocycles. The third-order valence-electron chi connectivity index (χ3n) is 2.08. The Morgan fingerprint density at radius 2 is 2.20 bits per heavy atom. The van der Waals surface area contributed by atoms with Gasteiger partial charge in [-0.15, -0.1) is 0 Å². The molecule has 0 saturated heterocycles. The maximum Gasteiger partial charge on any atom is 0.213 e. The quantitative estimate of drug-likeness (QED) is 0.812. The monoisotopic (exact) mass is 225 g/mol. The highest BCUT2D eigenvalue weighted by molar-refractivity contribution is 7.88. The molecule has 0 saturated carbocycles. The molecule has 0 atom stereocenters. The Morgan fingerprint density at radius 3 is 2.93 bits per heavy atom. The summed E-state index contributed by atoms with van der Waals surface area (Å²) in [7, 11) is -3.48. The van der Waals surface area contributed by atoms with E-state index in [4.69, 9.17) is 9.88 Å². The van der Waals surface area contributed by atoms with Crippen LogP contribution in [0.5, 0.6) is 5.75 Å². The molecule has 0 unspecified atom stereocenters. The van der Waals surface area contributed by atoms with Crippen LogP contribution in [0.15, 0.2) is 24.3 Å². The van der Waals surface area contributed by atoms with Crippen molar-refractivity contribution in [3.8, 4) is 5.75 Å². The molecule has 5 heteroatoms. The van der Waals surface area contributed by atoms with Crippen molar-refractivity contribution in [3.63, 3.8) is 0 Å². The summed E-state index contributed by atoms with van der Waals surface area (Å²) in [5.41, 5.74) is 1.60. The highest BCUT2D eigenvalue weighted by Gasteiger charge is 2.09. The molecule has 0 aromatic heterocycles. The van der Waals surface area contributed by atoms with E-state index in [9.17, 15) is 8.42 Å². The number of primary sulfonamides is 1. The fourth-order valence-electron chi connectivity index (χ4n) is 1.48. The lowest BCUT2D eigenvalue weighted by Gasteiger charge is -2.13. The predicted octanol–water partition coefficient (Wildman–Crippen LogP) is 0.881. The van der Waals surface area contributed by atoms with Crippen LogP contribution in [0, 0.1) is 0 Å². The van der Waals surface area contributed by atoms with Crippen molar-refractivity contribution >= 4 is 16.1 Å². The van der Waals surface area contributed by atoms with Crippen LogP contribution in [-0.2, 0) is 15.8 Å². The van der Waals surface area contributed by atoms with E-state index >= 15 is 0 Å². The topological polar surface area (TPSA) is 69.4 Å². The summed E-state index contributed by atoms with van der Waals surface area (Å²) in [6, 6.07) is 5.27. The van der Waals surface area contributed by atoms with Crippen molar-refractivity contribution in [3.05, 3.63) is 35.4 Å². The summed E-state index contributed by atoms with van der Waals surface area (Å²) >= 11 is 0. The van der Waals surface area contributed by atoms with Crippen LogP contribution in [0.1, 0.15) is 11.1 Å². The second-order valence-corrected chi connectivity index (χ2v) is 5.01. The fourth-order valence-corrected chi connectivity index (χ4v) is 2.12. The van der Waals surface area contributed by atoms with Crippen molar-refractivity contribution in [1.29, 1.82) is 0 Å². The second kappa shape index (κ2) is 3.67. The van der Waals surface area contributed by atoms with Crippen LogP contribution in [0.3, 0.4) is 0 Å². The molecular weight excluding hydrogens is 214 g/mol. The van der Waals surface area contributed by atoms with Crippen molar-refractivity contribution in [2.75, 3.05) is 6.61 Å². The average molecular weight is 225 g/mol. The molecule has 2 rings (SSSR count). The molecule has 0 amide bonds. The fraction of sp³-hybridized carbons (Fsp3) is 0.200. The summed E-state index contributed by atoms with van der Waals surface area (Å²) in [5.74, 6) is 0.548. The van der Waals surface area contributed by atoms with E-state index in [1.165, 1.54) is 0 Å². The normalized spacial score (nSPS) is 14.5. The average Bonchev–Trinajstić information content (AvgIpc) is 2.15. The Hall–Kier alpha value is -1.33. The van der Waals surface area contributed by atoms with Gasteiger partial charge in [-0.2, -0.15) is 0 Å². The molecule has 0 spiro atoms. The zero-order valence-electron chi connectivity index (χ0n) is 8.01. The lowest BCUT2D eigenvalue weighted by Crippen LogP contribution is -2.14. The molecule has 1 aliphatic heterocycles. The van der Waals surface area contributed by atoms with Gasteiger partial charge in [-0.05, 0) is 17.7 Å². The van der Waals surface area contributed by atoms with Crippen molar-refractivity contribution in [2.45, 2.75) is 5.75 Å². The molecule has 80 valence electrons. The van der Waals surface area contributed by atoms with Crippen LogP contribution >= 0.6 is 0 Å². The molecule has 0 radical (unpaired) electrons. The summed E-state index contributed by atoms with van der Waals surface area (Å²) < 4.78 is 27.1. The Morgan fingerprint density at radius 1 is 1.40 bits per heavy atom. The van der Waals surface area contributed by atoms with Gasteiger partial charge in [-0.25, -0.2) is 13.6 Å². The van der Waals surface area contributed by atoms with Crippen LogP contribution in [-0.4, -0.2) is 15.0 Å². The SMILES string of the molecule is NS(=O)(=O)Cc1ccc2c(c1)OCC=C2. The van der Waals surface area contributed by atoms with Gasteiger partial charge in [-0.3, -0.25) is 0 Å². The maximum absolute atomic E-state index is 10.9. The first kappa shape index (κ1) is 10.2. The first-order chi connectivity index (χ1) is 7.04. The van der Waals surface area contributed by atoms with Crippen molar-refractivity contribution < 1.29 is 13.2 Å². The van der Waals surface area contributed by atoms with E-state index in [1.54, 1.807) is 12.1 Å². The molecule has 15 heavy (non-hydrogen) atoms. The zero-order chi connectivity index (χ0) is 10.9. The number of rotatable bonds is 2. The lowest BCUT2D eigenvalue weighted by molar-refractivity contribution is 0.358. The van der Waals surface area contributed by atoms with Gasteiger partial charge in [0.1, 0.15) is 12.4 Å². The van der Waals surface area contributed by atoms with E-state index in [1.807, 2.05) is 18.2 Å². The van der Waals surface area contributed by atoms with Gasteiger partial charge in [0.05, 0.1) is 5.75 Å². The summed E-state index contributed by atoms with van der Waals surface area (Å²) in [6.07, 6.45) is 3.85. The Labute approximate surface area is 88.4 Å². The van der Waals surface area contributed by atoms with Gasteiger partial charge in [-0.1, -0.05) is 18.2 Å². The van der Waals surface area contributed by atoms with Gasteiger partial charge in [0.15, 0.2) is 0 Å².